The van der Waals surface area contributed by atoms with Crippen LogP contribution in [0.1, 0.15) is 18.1 Å². The van der Waals surface area contributed by atoms with Crippen molar-refractivity contribution in [3.05, 3.63) is 28.3 Å². The number of halogens is 4. The average molecular weight is 308 g/mol. The zero-order chi connectivity index (χ0) is 15.3. The van der Waals surface area contributed by atoms with Crippen LogP contribution >= 0.6 is 11.6 Å². The fraction of sp³-hybridized carbons (Fsp3) is 0.333. The van der Waals surface area contributed by atoms with Crippen molar-refractivity contribution in [2.45, 2.75) is 19.7 Å². The van der Waals surface area contributed by atoms with Gasteiger partial charge in [-0.1, -0.05) is 11.6 Å². The number of nitrogens with zero attached hydrogens (tertiary/aromatic N) is 1. The minimum Gasteiger partial charge on any atom is -0.466 e. The smallest absolute Gasteiger partial charge is 0.466 e. The van der Waals surface area contributed by atoms with E-state index in [1.54, 1.807) is 13.0 Å². The summed E-state index contributed by atoms with van der Waals surface area (Å²) < 4.78 is 45.0. The Kier molecular flexibility index (Phi) is 5.22. The predicted octanol–water partition coefficient (Wildman–Crippen LogP) is 3.22. The first-order valence-corrected chi connectivity index (χ1v) is 5.79. The molecule has 8 heteroatoms. The van der Waals surface area contributed by atoms with E-state index in [1.165, 1.54) is 0 Å². The van der Waals surface area contributed by atoms with Crippen molar-refractivity contribution in [2.24, 2.45) is 0 Å². The van der Waals surface area contributed by atoms with Gasteiger partial charge < -0.3 is 9.47 Å². The van der Waals surface area contributed by atoms with Gasteiger partial charge in [-0.05, 0) is 19.1 Å². The van der Waals surface area contributed by atoms with Gasteiger partial charge in [0.25, 0.3) is 0 Å². The largest absolute Gasteiger partial charge is 0.573 e. The van der Waals surface area contributed by atoms with Crippen molar-refractivity contribution in [3.8, 4) is 11.8 Å². The molecule has 1 aromatic rings. The van der Waals surface area contributed by atoms with Gasteiger partial charge in [0, 0.05) is 10.6 Å². The van der Waals surface area contributed by atoms with Gasteiger partial charge in [0.15, 0.2) is 0 Å². The minimum absolute atomic E-state index is 0.0101. The van der Waals surface area contributed by atoms with Crippen LogP contribution in [-0.4, -0.2) is 18.9 Å². The lowest BCUT2D eigenvalue weighted by Crippen LogP contribution is -2.18. The van der Waals surface area contributed by atoms with Crippen molar-refractivity contribution in [1.29, 1.82) is 5.26 Å². The average Bonchev–Trinajstić information content (AvgIpc) is 2.32. The molecule has 0 heterocycles. The van der Waals surface area contributed by atoms with Gasteiger partial charge in [-0.3, -0.25) is 4.79 Å². The van der Waals surface area contributed by atoms with E-state index in [9.17, 15) is 18.0 Å². The maximum atomic E-state index is 12.2. The summed E-state index contributed by atoms with van der Waals surface area (Å²) in [7, 11) is 0. The minimum atomic E-state index is -4.94. The van der Waals surface area contributed by atoms with Crippen LogP contribution in [0.2, 0.25) is 5.02 Å². The first-order valence-electron chi connectivity index (χ1n) is 5.41. The topological polar surface area (TPSA) is 59.3 Å². The summed E-state index contributed by atoms with van der Waals surface area (Å²) in [5.74, 6) is -1.40. The van der Waals surface area contributed by atoms with Crippen molar-refractivity contribution >= 4 is 17.6 Å². The number of carbonyl (C=O) groups excluding carboxylic acids is 1. The number of nitriles is 1. The third-order valence-corrected chi connectivity index (χ3v) is 2.54. The molecule has 0 atom stereocenters. The maximum absolute atomic E-state index is 12.2. The van der Waals surface area contributed by atoms with E-state index in [-0.39, 0.29) is 17.2 Å². The first-order chi connectivity index (χ1) is 9.28. The monoisotopic (exact) mass is 307 g/mol. The summed E-state index contributed by atoms with van der Waals surface area (Å²) >= 11 is 5.80. The highest BCUT2D eigenvalue weighted by Crippen LogP contribution is 2.32. The van der Waals surface area contributed by atoms with Crippen molar-refractivity contribution < 1.29 is 27.4 Å². The van der Waals surface area contributed by atoms with E-state index in [2.05, 4.69) is 9.47 Å². The van der Waals surface area contributed by atoms with Gasteiger partial charge in [-0.15, -0.1) is 13.2 Å². The first kappa shape index (κ1) is 16.1. The van der Waals surface area contributed by atoms with Crippen LogP contribution in [0.25, 0.3) is 0 Å². The molecule has 0 bridgehead atoms. The zero-order valence-corrected chi connectivity index (χ0v) is 11.0. The number of carbonyl (C=O) groups is 1. The number of esters is 1. The van der Waals surface area contributed by atoms with E-state index in [1.807, 2.05) is 0 Å². The molecule has 0 N–H and O–H groups in total. The Morgan fingerprint density at radius 1 is 1.45 bits per heavy atom. The van der Waals surface area contributed by atoms with E-state index in [0.717, 1.165) is 12.1 Å². The molecule has 0 aliphatic heterocycles. The third-order valence-electron chi connectivity index (χ3n) is 2.18. The van der Waals surface area contributed by atoms with Crippen LogP contribution in [0.5, 0.6) is 5.75 Å². The van der Waals surface area contributed by atoms with Gasteiger partial charge >= 0.3 is 12.3 Å². The molecular formula is C12H9ClF3NO3. The third kappa shape index (κ3) is 4.31. The van der Waals surface area contributed by atoms with E-state index >= 15 is 0 Å². The Bertz CT molecular complexity index is 552. The maximum Gasteiger partial charge on any atom is 0.573 e. The van der Waals surface area contributed by atoms with Crippen molar-refractivity contribution in [3.63, 3.8) is 0 Å². The van der Waals surface area contributed by atoms with Gasteiger partial charge in [0.1, 0.15) is 11.8 Å². The summed E-state index contributed by atoms with van der Waals surface area (Å²) in [4.78, 5) is 11.4. The molecule has 1 rings (SSSR count). The SMILES string of the molecule is CCOC(=O)Cc1c(Cl)ccc(OC(F)(F)F)c1C#N. The molecular weight excluding hydrogens is 299 g/mol. The second kappa shape index (κ2) is 6.48. The van der Waals surface area contributed by atoms with Gasteiger partial charge in [0.05, 0.1) is 18.6 Å². The molecule has 0 amide bonds. The number of benzene rings is 1. The molecule has 1 aromatic carbocycles. The summed E-state index contributed by atoms with van der Waals surface area (Å²) in [5.41, 5.74) is -0.503. The normalized spacial score (nSPS) is 10.8. The standard InChI is InChI=1S/C12H9ClF3NO3/c1-2-19-11(18)5-7-8(6-17)10(4-3-9(7)13)20-12(14,15)16/h3-4H,2,5H2,1H3. The Labute approximate surface area is 117 Å². The Morgan fingerprint density at radius 2 is 2.10 bits per heavy atom. The number of ether oxygens (including phenoxy) is 2. The summed E-state index contributed by atoms with van der Waals surface area (Å²) in [6, 6.07) is 3.60. The van der Waals surface area contributed by atoms with Gasteiger partial charge in [0.2, 0.25) is 0 Å². The fourth-order valence-corrected chi connectivity index (χ4v) is 1.69. The number of hydrogen-bond donors (Lipinski definition) is 0. The number of rotatable bonds is 4. The molecule has 20 heavy (non-hydrogen) atoms. The van der Waals surface area contributed by atoms with Crippen molar-refractivity contribution in [1.82, 2.24) is 0 Å². The lowest BCUT2D eigenvalue weighted by Gasteiger charge is -2.13. The lowest BCUT2D eigenvalue weighted by atomic mass is 10.0. The molecule has 0 aliphatic carbocycles. The highest BCUT2D eigenvalue weighted by atomic mass is 35.5. The van der Waals surface area contributed by atoms with E-state index in [0.29, 0.717) is 0 Å². The number of alkyl halides is 3. The fourth-order valence-electron chi connectivity index (χ4n) is 1.46. The zero-order valence-electron chi connectivity index (χ0n) is 10.3. The molecule has 4 nitrogen and oxygen atoms in total. The van der Waals surface area contributed by atoms with Crippen LogP contribution in [0.3, 0.4) is 0 Å². The summed E-state index contributed by atoms with van der Waals surface area (Å²) in [6.45, 7) is 1.69. The quantitative estimate of drug-likeness (QED) is 0.801. The van der Waals surface area contributed by atoms with Crippen LogP contribution in [0.4, 0.5) is 13.2 Å². The molecule has 0 saturated carbocycles. The highest BCUT2D eigenvalue weighted by Gasteiger charge is 2.33. The second-order valence-corrected chi connectivity index (χ2v) is 3.95. The highest BCUT2D eigenvalue weighted by molar-refractivity contribution is 6.31. The molecule has 0 aliphatic rings. The van der Waals surface area contributed by atoms with Crippen molar-refractivity contribution in [2.75, 3.05) is 6.61 Å². The van der Waals surface area contributed by atoms with Crippen LogP contribution in [-0.2, 0) is 16.0 Å². The molecule has 0 aromatic heterocycles. The van der Waals surface area contributed by atoms with E-state index < -0.39 is 30.1 Å². The van der Waals surface area contributed by atoms with Crippen LogP contribution < -0.4 is 4.74 Å². The van der Waals surface area contributed by atoms with E-state index in [4.69, 9.17) is 16.9 Å². The molecule has 0 radical (unpaired) electrons. The van der Waals surface area contributed by atoms with Gasteiger partial charge in [-0.2, -0.15) is 5.26 Å². The molecule has 0 unspecified atom stereocenters. The molecule has 108 valence electrons. The predicted molar refractivity (Wildman–Crippen MR) is 63.2 cm³/mol. The lowest BCUT2D eigenvalue weighted by molar-refractivity contribution is -0.274. The molecule has 0 spiro atoms. The summed E-state index contributed by atoms with van der Waals surface area (Å²) in [5, 5.41) is 8.95. The number of hydrogen-bond acceptors (Lipinski definition) is 4. The Morgan fingerprint density at radius 3 is 2.60 bits per heavy atom. The van der Waals surface area contributed by atoms with Gasteiger partial charge in [-0.25, -0.2) is 0 Å². The van der Waals surface area contributed by atoms with Crippen LogP contribution in [0, 0.1) is 11.3 Å². The Balaban J connectivity index is 3.19. The summed E-state index contributed by atoms with van der Waals surface area (Å²) in [6.07, 6.45) is -5.36. The Hall–Kier alpha value is -1.94. The molecule has 0 saturated heterocycles. The van der Waals surface area contributed by atoms with Crippen LogP contribution in [0.15, 0.2) is 12.1 Å². The molecule has 0 fully saturated rings. The second-order valence-electron chi connectivity index (χ2n) is 3.54.